The van der Waals surface area contributed by atoms with E-state index in [0.29, 0.717) is 31.2 Å². The maximum absolute atomic E-state index is 12.5. The van der Waals surface area contributed by atoms with Gasteiger partial charge in [-0.15, -0.1) is 0 Å². The first-order chi connectivity index (χ1) is 12.3. The maximum atomic E-state index is 12.5. The number of pyridine rings is 1. The fourth-order valence-electron chi connectivity index (χ4n) is 2.80. The van der Waals surface area contributed by atoms with Gasteiger partial charge in [0.1, 0.15) is 11.3 Å². The molecular weight excluding hydrogens is 336 g/mol. The molecule has 1 fully saturated rings. The molecule has 1 aromatic heterocycles. The average Bonchev–Trinajstić information content (AvgIpc) is 2.59. The lowest BCUT2D eigenvalue weighted by Crippen LogP contribution is -2.45. The first-order valence-electron chi connectivity index (χ1n) is 8.80. The van der Waals surface area contributed by atoms with Gasteiger partial charge in [0.2, 0.25) is 5.88 Å². The van der Waals surface area contributed by atoms with Gasteiger partial charge < -0.3 is 25.0 Å². The highest BCUT2D eigenvalue weighted by atomic mass is 16.6. The van der Waals surface area contributed by atoms with E-state index in [1.165, 1.54) is 7.11 Å². The highest BCUT2D eigenvalue weighted by Gasteiger charge is 2.25. The van der Waals surface area contributed by atoms with Crippen LogP contribution in [0.1, 0.15) is 33.6 Å². The van der Waals surface area contributed by atoms with Crippen molar-refractivity contribution in [3.05, 3.63) is 18.3 Å². The van der Waals surface area contributed by atoms with Crippen molar-refractivity contribution in [2.24, 2.45) is 5.92 Å². The topological polar surface area (TPSA) is 92.8 Å². The van der Waals surface area contributed by atoms with Crippen molar-refractivity contribution in [2.75, 3.05) is 32.1 Å². The number of piperidine rings is 1. The Labute approximate surface area is 154 Å². The van der Waals surface area contributed by atoms with E-state index in [0.717, 1.165) is 12.8 Å². The number of amides is 3. The summed E-state index contributed by atoms with van der Waals surface area (Å²) >= 11 is 0. The van der Waals surface area contributed by atoms with Crippen LogP contribution >= 0.6 is 0 Å². The van der Waals surface area contributed by atoms with Crippen LogP contribution in [0.25, 0.3) is 0 Å². The van der Waals surface area contributed by atoms with Crippen molar-refractivity contribution in [2.45, 2.75) is 39.2 Å². The molecule has 1 aromatic rings. The average molecular weight is 364 g/mol. The zero-order chi connectivity index (χ0) is 19.2. The van der Waals surface area contributed by atoms with Crippen molar-refractivity contribution in [3.63, 3.8) is 0 Å². The molecule has 2 heterocycles. The maximum Gasteiger partial charge on any atom is 0.407 e. The Kier molecular flexibility index (Phi) is 6.65. The summed E-state index contributed by atoms with van der Waals surface area (Å²) in [6.07, 6.45) is 3.01. The van der Waals surface area contributed by atoms with E-state index < -0.39 is 11.7 Å². The van der Waals surface area contributed by atoms with Crippen LogP contribution in [-0.2, 0) is 4.74 Å². The summed E-state index contributed by atoms with van der Waals surface area (Å²) in [6.45, 7) is 7.21. The Morgan fingerprint density at radius 2 is 2.15 bits per heavy atom. The smallest absolute Gasteiger partial charge is 0.407 e. The molecule has 3 amide bonds. The van der Waals surface area contributed by atoms with Crippen LogP contribution in [0.5, 0.6) is 5.88 Å². The molecule has 0 aromatic carbocycles. The molecule has 0 unspecified atom stereocenters. The molecule has 144 valence electrons. The van der Waals surface area contributed by atoms with Gasteiger partial charge in [-0.1, -0.05) is 0 Å². The van der Waals surface area contributed by atoms with E-state index >= 15 is 0 Å². The number of nitrogens with zero attached hydrogens (tertiary/aromatic N) is 2. The lowest BCUT2D eigenvalue weighted by Gasteiger charge is -2.33. The monoisotopic (exact) mass is 364 g/mol. The fraction of sp³-hybridized carbons (Fsp3) is 0.611. The number of hydrogen-bond acceptors (Lipinski definition) is 5. The third kappa shape index (κ3) is 6.09. The summed E-state index contributed by atoms with van der Waals surface area (Å²) in [5.74, 6) is 0.568. The van der Waals surface area contributed by atoms with Gasteiger partial charge in [0.25, 0.3) is 0 Å². The van der Waals surface area contributed by atoms with Crippen LogP contribution in [0.4, 0.5) is 15.3 Å². The SMILES string of the molecule is COc1ncccc1NC(=O)N1CCC[C@H](CNC(=O)OC(C)(C)C)C1. The number of rotatable bonds is 4. The van der Waals surface area contributed by atoms with Crippen LogP contribution < -0.4 is 15.4 Å². The Bertz CT molecular complexity index is 630. The molecule has 0 radical (unpaired) electrons. The molecule has 1 saturated heterocycles. The number of anilines is 1. The quantitative estimate of drug-likeness (QED) is 0.857. The number of nitrogens with one attached hydrogen (secondary N) is 2. The Morgan fingerprint density at radius 1 is 1.38 bits per heavy atom. The van der Waals surface area contributed by atoms with Crippen molar-refractivity contribution < 1.29 is 19.1 Å². The predicted octanol–water partition coefficient (Wildman–Crippen LogP) is 2.86. The molecule has 8 nitrogen and oxygen atoms in total. The van der Waals surface area contributed by atoms with Gasteiger partial charge in [-0.3, -0.25) is 0 Å². The van der Waals surface area contributed by atoms with Crippen LogP contribution in [0.2, 0.25) is 0 Å². The summed E-state index contributed by atoms with van der Waals surface area (Å²) in [6, 6.07) is 3.29. The molecule has 1 aliphatic rings. The zero-order valence-electron chi connectivity index (χ0n) is 15.9. The van der Waals surface area contributed by atoms with E-state index in [2.05, 4.69) is 15.6 Å². The van der Waals surface area contributed by atoms with E-state index in [-0.39, 0.29) is 11.9 Å². The molecule has 1 atom stereocenters. The largest absolute Gasteiger partial charge is 0.480 e. The fourth-order valence-corrected chi connectivity index (χ4v) is 2.80. The minimum atomic E-state index is -0.522. The van der Waals surface area contributed by atoms with Crippen LogP contribution in [0.3, 0.4) is 0 Å². The number of hydrogen-bond donors (Lipinski definition) is 2. The lowest BCUT2D eigenvalue weighted by atomic mass is 9.98. The van der Waals surface area contributed by atoms with Crippen molar-refractivity contribution in [1.82, 2.24) is 15.2 Å². The Balaban J connectivity index is 1.85. The lowest BCUT2D eigenvalue weighted by molar-refractivity contribution is 0.0512. The van der Waals surface area contributed by atoms with Crippen LogP contribution in [0.15, 0.2) is 18.3 Å². The first-order valence-corrected chi connectivity index (χ1v) is 8.80. The van der Waals surface area contributed by atoms with E-state index in [9.17, 15) is 9.59 Å². The van der Waals surface area contributed by atoms with E-state index in [1.807, 2.05) is 20.8 Å². The summed E-state index contributed by atoms with van der Waals surface area (Å²) in [4.78, 5) is 30.1. The van der Waals surface area contributed by atoms with Crippen molar-refractivity contribution >= 4 is 17.8 Å². The molecule has 2 rings (SSSR count). The van der Waals surface area contributed by atoms with Crippen molar-refractivity contribution in [1.29, 1.82) is 0 Å². The van der Waals surface area contributed by atoms with Crippen LogP contribution in [0, 0.1) is 5.92 Å². The zero-order valence-corrected chi connectivity index (χ0v) is 15.9. The molecule has 0 aliphatic carbocycles. The highest BCUT2D eigenvalue weighted by Crippen LogP contribution is 2.22. The molecule has 2 N–H and O–H groups in total. The second-order valence-electron chi connectivity index (χ2n) is 7.33. The van der Waals surface area contributed by atoms with Gasteiger partial charge in [0.05, 0.1) is 7.11 Å². The summed E-state index contributed by atoms with van der Waals surface area (Å²) in [7, 11) is 1.51. The van der Waals surface area contributed by atoms with Gasteiger partial charge in [-0.25, -0.2) is 14.6 Å². The molecule has 26 heavy (non-hydrogen) atoms. The minimum absolute atomic E-state index is 0.192. The van der Waals surface area contributed by atoms with Crippen LogP contribution in [-0.4, -0.2) is 54.4 Å². The molecule has 0 saturated carbocycles. The molecule has 0 bridgehead atoms. The third-order valence-corrected chi connectivity index (χ3v) is 3.95. The third-order valence-electron chi connectivity index (χ3n) is 3.95. The van der Waals surface area contributed by atoms with Crippen molar-refractivity contribution in [3.8, 4) is 5.88 Å². The predicted molar refractivity (Wildman–Crippen MR) is 98.3 cm³/mol. The summed E-state index contributed by atoms with van der Waals surface area (Å²) in [5, 5.41) is 5.62. The second-order valence-corrected chi connectivity index (χ2v) is 7.33. The molecule has 1 aliphatic heterocycles. The van der Waals surface area contributed by atoms with Gasteiger partial charge in [0, 0.05) is 25.8 Å². The number of alkyl carbamates (subject to hydrolysis) is 1. The Morgan fingerprint density at radius 3 is 2.85 bits per heavy atom. The molecular formula is C18H28N4O4. The number of carbonyl (C=O) groups is 2. The Hall–Kier alpha value is -2.51. The minimum Gasteiger partial charge on any atom is -0.480 e. The number of methoxy groups -OCH3 is 1. The number of aromatic nitrogens is 1. The summed E-state index contributed by atoms with van der Waals surface area (Å²) < 4.78 is 10.4. The number of ether oxygens (including phenoxy) is 2. The number of carbonyl (C=O) groups excluding carboxylic acids is 2. The number of urea groups is 1. The standard InChI is InChI=1S/C18H28N4O4/c1-18(2,3)26-17(24)20-11-13-7-6-10-22(12-13)16(23)21-14-8-5-9-19-15(14)25-4/h5,8-9,13H,6-7,10-12H2,1-4H3,(H,20,24)(H,21,23)/t13-/m1/s1. The molecule has 0 spiro atoms. The normalized spacial score (nSPS) is 17.4. The number of likely N-dealkylation sites (tertiary alicyclic amines) is 1. The van der Waals surface area contributed by atoms with E-state index in [4.69, 9.17) is 9.47 Å². The van der Waals surface area contributed by atoms with Gasteiger partial charge in [0.15, 0.2) is 0 Å². The van der Waals surface area contributed by atoms with Gasteiger partial charge >= 0.3 is 12.1 Å². The highest BCUT2D eigenvalue weighted by molar-refractivity contribution is 5.90. The summed E-state index contributed by atoms with van der Waals surface area (Å²) in [5.41, 5.74) is 0.0136. The van der Waals surface area contributed by atoms with E-state index in [1.54, 1.807) is 23.2 Å². The van der Waals surface area contributed by atoms with Gasteiger partial charge in [-0.05, 0) is 51.7 Å². The molecule has 8 heteroatoms. The first kappa shape index (κ1) is 19.8. The second kappa shape index (κ2) is 8.73. The van der Waals surface area contributed by atoms with Gasteiger partial charge in [-0.2, -0.15) is 0 Å².